The lowest BCUT2D eigenvalue weighted by atomic mass is 10.1. The zero-order valence-corrected chi connectivity index (χ0v) is 14.5. The molecule has 3 rings (SSSR count). The molecule has 0 aliphatic rings. The highest BCUT2D eigenvalue weighted by atomic mass is 16.2. The standard InChI is InChI=1S/C19H20N4O2/c1-4-23-17-15(6-5-9-20-17)22-16(19(23)25)18(24)21-11-14-8-7-12(2)13(3)10-14/h5-10H,4,11H2,1-3H3,(H,21,24). The van der Waals surface area contributed by atoms with Gasteiger partial charge in [-0.25, -0.2) is 9.97 Å². The van der Waals surface area contributed by atoms with Gasteiger partial charge in [0.05, 0.1) is 0 Å². The van der Waals surface area contributed by atoms with Crippen molar-refractivity contribution in [1.82, 2.24) is 19.9 Å². The third-order valence-corrected chi connectivity index (χ3v) is 4.26. The van der Waals surface area contributed by atoms with Gasteiger partial charge in [-0.1, -0.05) is 18.2 Å². The molecule has 6 heteroatoms. The van der Waals surface area contributed by atoms with Gasteiger partial charge in [0.1, 0.15) is 5.52 Å². The summed E-state index contributed by atoms with van der Waals surface area (Å²) in [5.74, 6) is -0.476. The topological polar surface area (TPSA) is 76.9 Å². The average Bonchev–Trinajstić information content (AvgIpc) is 2.62. The van der Waals surface area contributed by atoms with E-state index >= 15 is 0 Å². The molecule has 1 N–H and O–H groups in total. The van der Waals surface area contributed by atoms with Gasteiger partial charge in [0.15, 0.2) is 11.3 Å². The molecular weight excluding hydrogens is 316 g/mol. The first-order valence-electron chi connectivity index (χ1n) is 8.21. The van der Waals surface area contributed by atoms with Crippen LogP contribution in [0.2, 0.25) is 0 Å². The van der Waals surface area contributed by atoms with E-state index in [1.165, 1.54) is 10.1 Å². The Kier molecular flexibility index (Phi) is 4.61. The number of benzene rings is 1. The molecule has 0 fully saturated rings. The number of rotatable bonds is 4. The number of hydrogen-bond acceptors (Lipinski definition) is 4. The van der Waals surface area contributed by atoms with Crippen LogP contribution in [0.4, 0.5) is 0 Å². The number of aryl methyl sites for hydroxylation is 3. The van der Waals surface area contributed by atoms with Crippen molar-refractivity contribution < 1.29 is 4.79 Å². The monoisotopic (exact) mass is 336 g/mol. The third kappa shape index (κ3) is 3.28. The number of fused-ring (bicyclic) bond motifs is 1. The van der Waals surface area contributed by atoms with Crippen molar-refractivity contribution in [2.24, 2.45) is 0 Å². The van der Waals surface area contributed by atoms with Gasteiger partial charge in [-0.15, -0.1) is 0 Å². The summed E-state index contributed by atoms with van der Waals surface area (Å²) in [6.07, 6.45) is 1.61. The summed E-state index contributed by atoms with van der Waals surface area (Å²) in [7, 11) is 0. The number of amides is 1. The Morgan fingerprint density at radius 3 is 2.72 bits per heavy atom. The Labute approximate surface area is 145 Å². The van der Waals surface area contributed by atoms with Crippen molar-refractivity contribution in [1.29, 1.82) is 0 Å². The largest absolute Gasteiger partial charge is 0.346 e. The van der Waals surface area contributed by atoms with Crippen molar-refractivity contribution >= 4 is 17.1 Å². The van der Waals surface area contributed by atoms with Crippen LogP contribution in [0, 0.1) is 13.8 Å². The highest BCUT2D eigenvalue weighted by molar-refractivity contribution is 5.93. The van der Waals surface area contributed by atoms with Gasteiger partial charge in [0, 0.05) is 19.3 Å². The molecule has 6 nitrogen and oxygen atoms in total. The molecule has 0 aliphatic heterocycles. The number of aromatic nitrogens is 3. The number of carbonyl (C=O) groups excluding carboxylic acids is 1. The number of pyridine rings is 1. The van der Waals surface area contributed by atoms with E-state index in [9.17, 15) is 9.59 Å². The van der Waals surface area contributed by atoms with Crippen LogP contribution in [-0.2, 0) is 13.1 Å². The molecule has 2 aromatic heterocycles. The minimum atomic E-state index is -0.476. The predicted octanol–water partition coefficient (Wildman–Crippen LogP) is 2.36. The predicted molar refractivity (Wildman–Crippen MR) is 96.6 cm³/mol. The van der Waals surface area contributed by atoms with Gasteiger partial charge in [0.2, 0.25) is 0 Å². The number of nitrogens with zero attached hydrogens (tertiary/aromatic N) is 3. The highest BCUT2D eigenvalue weighted by Crippen LogP contribution is 2.10. The van der Waals surface area contributed by atoms with Crippen LogP contribution in [-0.4, -0.2) is 20.4 Å². The summed E-state index contributed by atoms with van der Waals surface area (Å²) in [6, 6.07) is 9.48. The Balaban J connectivity index is 1.90. The van der Waals surface area contributed by atoms with Crippen LogP contribution in [0.3, 0.4) is 0 Å². The van der Waals surface area contributed by atoms with Crippen molar-refractivity contribution in [2.45, 2.75) is 33.9 Å². The normalized spacial score (nSPS) is 10.8. The summed E-state index contributed by atoms with van der Waals surface area (Å²) >= 11 is 0. The first kappa shape index (κ1) is 16.8. The maximum absolute atomic E-state index is 12.6. The van der Waals surface area contributed by atoms with E-state index in [1.807, 2.05) is 39.0 Å². The Hall–Kier alpha value is -3.02. The number of hydrogen-bond donors (Lipinski definition) is 1. The van der Waals surface area contributed by atoms with Gasteiger partial charge in [-0.05, 0) is 49.6 Å². The minimum Gasteiger partial charge on any atom is -0.346 e. The Bertz CT molecular complexity index is 1010. The molecule has 0 unspecified atom stereocenters. The molecule has 0 bridgehead atoms. The van der Waals surface area contributed by atoms with Crippen molar-refractivity contribution in [3.8, 4) is 0 Å². The maximum atomic E-state index is 12.6. The first-order valence-corrected chi connectivity index (χ1v) is 8.21. The molecule has 0 aliphatic carbocycles. The molecular formula is C19H20N4O2. The smallest absolute Gasteiger partial charge is 0.283 e. The fourth-order valence-electron chi connectivity index (χ4n) is 2.70. The van der Waals surface area contributed by atoms with E-state index in [0.717, 1.165) is 11.1 Å². The summed E-state index contributed by atoms with van der Waals surface area (Å²) in [6.45, 7) is 6.67. The Morgan fingerprint density at radius 1 is 1.20 bits per heavy atom. The van der Waals surface area contributed by atoms with Crippen LogP contribution in [0.5, 0.6) is 0 Å². The minimum absolute atomic E-state index is 0.105. The lowest BCUT2D eigenvalue weighted by molar-refractivity contribution is 0.0944. The maximum Gasteiger partial charge on any atom is 0.283 e. The zero-order chi connectivity index (χ0) is 18.0. The fourth-order valence-corrected chi connectivity index (χ4v) is 2.70. The summed E-state index contributed by atoms with van der Waals surface area (Å²) < 4.78 is 1.47. The number of carbonyl (C=O) groups is 1. The van der Waals surface area contributed by atoms with Gasteiger partial charge in [-0.2, -0.15) is 0 Å². The molecule has 0 spiro atoms. The zero-order valence-electron chi connectivity index (χ0n) is 14.5. The third-order valence-electron chi connectivity index (χ3n) is 4.26. The second-order valence-corrected chi connectivity index (χ2v) is 5.96. The molecule has 25 heavy (non-hydrogen) atoms. The summed E-state index contributed by atoms with van der Waals surface area (Å²) in [5, 5.41) is 2.78. The van der Waals surface area contributed by atoms with E-state index in [4.69, 9.17) is 0 Å². The quantitative estimate of drug-likeness (QED) is 0.793. The van der Waals surface area contributed by atoms with Crippen molar-refractivity contribution in [3.63, 3.8) is 0 Å². The van der Waals surface area contributed by atoms with Gasteiger partial charge < -0.3 is 5.32 Å². The lowest BCUT2D eigenvalue weighted by Crippen LogP contribution is -2.34. The molecule has 0 atom stereocenters. The van der Waals surface area contributed by atoms with Crippen molar-refractivity contribution in [3.05, 3.63) is 69.3 Å². The van der Waals surface area contributed by atoms with Gasteiger partial charge in [-0.3, -0.25) is 14.2 Å². The van der Waals surface area contributed by atoms with Crippen molar-refractivity contribution in [2.75, 3.05) is 0 Å². The molecule has 0 saturated heterocycles. The Morgan fingerprint density at radius 2 is 2.00 bits per heavy atom. The average molecular weight is 336 g/mol. The van der Waals surface area contributed by atoms with E-state index in [2.05, 4.69) is 15.3 Å². The second kappa shape index (κ2) is 6.84. The van der Waals surface area contributed by atoms with Crippen LogP contribution in [0.15, 0.2) is 41.3 Å². The summed E-state index contributed by atoms with van der Waals surface area (Å²) in [5.41, 5.74) is 3.83. The van der Waals surface area contributed by atoms with E-state index in [1.54, 1.807) is 18.3 Å². The first-order chi connectivity index (χ1) is 12.0. The molecule has 3 aromatic rings. The van der Waals surface area contributed by atoms with Crippen LogP contribution in [0.25, 0.3) is 11.2 Å². The molecule has 1 aromatic carbocycles. The number of nitrogens with one attached hydrogen (secondary N) is 1. The SMILES string of the molecule is CCn1c(=O)c(C(=O)NCc2ccc(C)c(C)c2)nc2cccnc21. The molecule has 2 heterocycles. The van der Waals surface area contributed by atoms with Gasteiger partial charge in [0.25, 0.3) is 11.5 Å². The second-order valence-electron chi connectivity index (χ2n) is 5.96. The van der Waals surface area contributed by atoms with Crippen LogP contribution in [0.1, 0.15) is 34.1 Å². The fraction of sp³-hybridized carbons (Fsp3) is 0.263. The van der Waals surface area contributed by atoms with Gasteiger partial charge >= 0.3 is 0 Å². The van der Waals surface area contributed by atoms with E-state index < -0.39 is 11.5 Å². The van der Waals surface area contributed by atoms with Crippen LogP contribution >= 0.6 is 0 Å². The van der Waals surface area contributed by atoms with Crippen LogP contribution < -0.4 is 10.9 Å². The summed E-state index contributed by atoms with van der Waals surface area (Å²) in [4.78, 5) is 33.5. The van der Waals surface area contributed by atoms with E-state index in [0.29, 0.717) is 24.3 Å². The molecule has 1 amide bonds. The highest BCUT2D eigenvalue weighted by Gasteiger charge is 2.17. The molecule has 0 saturated carbocycles. The van der Waals surface area contributed by atoms with E-state index in [-0.39, 0.29) is 5.69 Å². The molecule has 128 valence electrons. The lowest BCUT2D eigenvalue weighted by Gasteiger charge is -2.10. The molecule has 0 radical (unpaired) electrons.